The van der Waals surface area contributed by atoms with Gasteiger partial charge in [-0.25, -0.2) is 8.78 Å². The van der Waals surface area contributed by atoms with E-state index < -0.39 is 11.6 Å². The zero-order chi connectivity index (χ0) is 12.1. The van der Waals surface area contributed by atoms with Gasteiger partial charge in [0.25, 0.3) is 0 Å². The lowest BCUT2D eigenvalue weighted by atomic mass is 10.1. The Morgan fingerprint density at radius 3 is 2.62 bits per heavy atom. The highest BCUT2D eigenvalue weighted by Gasteiger charge is 2.12. The molecule has 0 N–H and O–H groups in total. The van der Waals surface area contributed by atoms with Gasteiger partial charge < -0.3 is 4.74 Å². The minimum Gasteiger partial charge on any atom is -0.490 e. The van der Waals surface area contributed by atoms with Crippen molar-refractivity contribution < 1.29 is 18.3 Å². The van der Waals surface area contributed by atoms with E-state index in [4.69, 9.17) is 4.74 Å². The molecule has 1 rings (SSSR count). The van der Waals surface area contributed by atoms with Gasteiger partial charge in [0.15, 0.2) is 17.9 Å². The van der Waals surface area contributed by atoms with Crippen LogP contribution in [0, 0.1) is 17.6 Å². The Morgan fingerprint density at radius 1 is 1.38 bits per heavy atom. The molecule has 16 heavy (non-hydrogen) atoms. The smallest absolute Gasteiger partial charge is 0.168 e. The maximum absolute atomic E-state index is 13.3. The van der Waals surface area contributed by atoms with Gasteiger partial charge in [0, 0.05) is 6.07 Å². The fourth-order valence-electron chi connectivity index (χ4n) is 1.22. The van der Waals surface area contributed by atoms with Gasteiger partial charge in [-0.05, 0) is 18.4 Å². The van der Waals surface area contributed by atoms with Crippen LogP contribution in [0.25, 0.3) is 0 Å². The molecule has 0 aliphatic rings. The Morgan fingerprint density at radius 2 is 2.06 bits per heavy atom. The number of rotatable bonds is 5. The first-order valence-corrected chi connectivity index (χ1v) is 5.11. The normalized spacial score (nSPS) is 10.6. The second kappa shape index (κ2) is 5.58. The molecule has 0 aromatic heterocycles. The number of halogens is 2. The summed E-state index contributed by atoms with van der Waals surface area (Å²) >= 11 is 0. The third kappa shape index (κ3) is 3.29. The molecule has 0 aliphatic heterocycles. The molecule has 4 heteroatoms. The van der Waals surface area contributed by atoms with E-state index in [1.165, 1.54) is 0 Å². The predicted octanol–water partition coefficient (Wildman–Crippen LogP) is 3.20. The van der Waals surface area contributed by atoms with Crippen LogP contribution in [0.2, 0.25) is 0 Å². The first-order chi connectivity index (χ1) is 7.54. The minimum atomic E-state index is -0.842. The quantitative estimate of drug-likeness (QED) is 0.723. The highest BCUT2D eigenvalue weighted by Crippen LogP contribution is 2.23. The van der Waals surface area contributed by atoms with Crippen LogP contribution in [0.3, 0.4) is 0 Å². The van der Waals surface area contributed by atoms with Crippen LogP contribution in [-0.2, 0) is 0 Å². The van der Waals surface area contributed by atoms with Gasteiger partial charge >= 0.3 is 0 Å². The van der Waals surface area contributed by atoms with E-state index in [1.807, 2.05) is 13.8 Å². The van der Waals surface area contributed by atoms with Gasteiger partial charge in [-0.1, -0.05) is 13.8 Å². The zero-order valence-electron chi connectivity index (χ0n) is 9.30. The van der Waals surface area contributed by atoms with E-state index in [0.717, 1.165) is 12.5 Å². The third-order valence-corrected chi connectivity index (χ3v) is 2.11. The molecule has 0 heterocycles. The van der Waals surface area contributed by atoms with Crippen LogP contribution in [0.1, 0.15) is 30.6 Å². The Labute approximate surface area is 93.2 Å². The number of benzene rings is 1. The Hall–Kier alpha value is -1.45. The second-order valence-electron chi connectivity index (χ2n) is 3.95. The van der Waals surface area contributed by atoms with Gasteiger partial charge in [0.05, 0.1) is 12.2 Å². The molecule has 0 fully saturated rings. The summed E-state index contributed by atoms with van der Waals surface area (Å²) in [5.41, 5.74) is -0.0961. The van der Waals surface area contributed by atoms with Crippen LogP contribution in [0.5, 0.6) is 5.75 Å². The van der Waals surface area contributed by atoms with Crippen molar-refractivity contribution in [3.8, 4) is 5.75 Å². The third-order valence-electron chi connectivity index (χ3n) is 2.11. The van der Waals surface area contributed by atoms with Crippen molar-refractivity contribution in [1.29, 1.82) is 0 Å². The minimum absolute atomic E-state index is 0.0961. The topological polar surface area (TPSA) is 26.3 Å². The maximum atomic E-state index is 13.3. The van der Waals surface area contributed by atoms with Gasteiger partial charge in [-0.15, -0.1) is 0 Å². The molecule has 1 aromatic rings. The maximum Gasteiger partial charge on any atom is 0.168 e. The molecule has 0 radical (unpaired) electrons. The van der Waals surface area contributed by atoms with E-state index >= 15 is 0 Å². The summed E-state index contributed by atoms with van der Waals surface area (Å²) in [6.07, 6.45) is 1.13. The number of carbonyl (C=O) groups is 1. The van der Waals surface area contributed by atoms with Crippen molar-refractivity contribution >= 4 is 6.29 Å². The lowest BCUT2D eigenvalue weighted by molar-refractivity contribution is 0.111. The Kier molecular flexibility index (Phi) is 4.40. The molecule has 0 unspecified atom stereocenters. The predicted molar refractivity (Wildman–Crippen MR) is 56.7 cm³/mol. The highest BCUT2D eigenvalue weighted by molar-refractivity contribution is 5.79. The van der Waals surface area contributed by atoms with Crippen LogP contribution < -0.4 is 4.74 Å². The molecule has 0 saturated carbocycles. The average Bonchev–Trinajstić information content (AvgIpc) is 2.20. The molecule has 88 valence electrons. The van der Waals surface area contributed by atoms with Crippen molar-refractivity contribution in [2.75, 3.05) is 6.61 Å². The van der Waals surface area contributed by atoms with Gasteiger partial charge in [0.1, 0.15) is 5.82 Å². The fraction of sp³-hybridized carbons (Fsp3) is 0.417. The zero-order valence-corrected chi connectivity index (χ0v) is 9.30. The second-order valence-corrected chi connectivity index (χ2v) is 3.95. The monoisotopic (exact) mass is 228 g/mol. The summed E-state index contributed by atoms with van der Waals surface area (Å²) in [6.45, 7) is 4.32. The summed E-state index contributed by atoms with van der Waals surface area (Å²) in [6, 6.07) is 1.67. The molecular weight excluding hydrogens is 214 g/mol. The highest BCUT2D eigenvalue weighted by atomic mass is 19.1. The van der Waals surface area contributed by atoms with Crippen LogP contribution in [0.4, 0.5) is 8.78 Å². The number of hydrogen-bond acceptors (Lipinski definition) is 2. The van der Waals surface area contributed by atoms with Gasteiger partial charge in [-0.2, -0.15) is 0 Å². The molecule has 0 amide bonds. The van der Waals surface area contributed by atoms with Crippen molar-refractivity contribution in [3.63, 3.8) is 0 Å². The van der Waals surface area contributed by atoms with E-state index in [0.29, 0.717) is 24.9 Å². The van der Waals surface area contributed by atoms with Crippen LogP contribution in [0.15, 0.2) is 12.1 Å². The van der Waals surface area contributed by atoms with Crippen molar-refractivity contribution in [1.82, 2.24) is 0 Å². The molecule has 0 atom stereocenters. The van der Waals surface area contributed by atoms with Gasteiger partial charge in [0.2, 0.25) is 0 Å². The van der Waals surface area contributed by atoms with E-state index in [9.17, 15) is 13.6 Å². The molecular formula is C12H14F2O2. The molecule has 0 aliphatic carbocycles. The first kappa shape index (κ1) is 12.6. The summed E-state index contributed by atoms with van der Waals surface area (Å²) in [5.74, 6) is -1.37. The van der Waals surface area contributed by atoms with Crippen LogP contribution in [-0.4, -0.2) is 12.9 Å². The van der Waals surface area contributed by atoms with Crippen molar-refractivity contribution in [2.45, 2.75) is 20.3 Å². The average molecular weight is 228 g/mol. The summed E-state index contributed by atoms with van der Waals surface area (Å²) in [7, 11) is 0. The molecule has 0 saturated heterocycles. The lowest BCUT2D eigenvalue weighted by Gasteiger charge is -2.10. The largest absolute Gasteiger partial charge is 0.490 e. The Balaban J connectivity index is 2.81. The number of ether oxygens (including phenoxy) is 1. The summed E-state index contributed by atoms with van der Waals surface area (Å²) in [4.78, 5) is 10.6. The van der Waals surface area contributed by atoms with Crippen molar-refractivity contribution in [2.24, 2.45) is 5.92 Å². The SMILES string of the molecule is CC(C)CCOc1c(F)cc(F)cc1C=O. The van der Waals surface area contributed by atoms with E-state index in [1.54, 1.807) is 0 Å². The molecule has 2 nitrogen and oxygen atoms in total. The molecule has 1 aromatic carbocycles. The molecule has 0 spiro atoms. The van der Waals surface area contributed by atoms with E-state index in [2.05, 4.69) is 0 Å². The number of aldehydes is 1. The number of carbonyl (C=O) groups excluding carboxylic acids is 1. The summed E-state index contributed by atoms with van der Waals surface area (Å²) < 4.78 is 31.2. The molecule has 0 bridgehead atoms. The first-order valence-electron chi connectivity index (χ1n) is 5.11. The van der Waals surface area contributed by atoms with Gasteiger partial charge in [-0.3, -0.25) is 4.79 Å². The number of hydrogen-bond donors (Lipinski definition) is 0. The fourth-order valence-corrected chi connectivity index (χ4v) is 1.22. The lowest BCUT2D eigenvalue weighted by Crippen LogP contribution is -2.05. The van der Waals surface area contributed by atoms with E-state index in [-0.39, 0.29) is 11.3 Å². The Bertz CT molecular complexity index is 376. The summed E-state index contributed by atoms with van der Waals surface area (Å²) in [5, 5.41) is 0. The standard InChI is InChI=1S/C12H14F2O2/c1-8(2)3-4-16-12-9(7-15)5-10(13)6-11(12)14/h5-8H,3-4H2,1-2H3. The van der Waals surface area contributed by atoms with Crippen LogP contribution >= 0.6 is 0 Å². The van der Waals surface area contributed by atoms with Crippen molar-refractivity contribution in [3.05, 3.63) is 29.3 Å².